The van der Waals surface area contributed by atoms with Crippen molar-refractivity contribution in [3.05, 3.63) is 29.8 Å². The molecule has 0 bridgehead atoms. The Morgan fingerprint density at radius 2 is 1.86 bits per heavy atom. The maximum absolute atomic E-state index is 12.8. The Labute approximate surface area is 124 Å². The van der Waals surface area contributed by atoms with Crippen LogP contribution in [0.5, 0.6) is 0 Å². The Balaban J connectivity index is 1.78. The average molecular weight is 287 g/mol. The topological polar surface area (TPSA) is 57.6 Å². The van der Waals surface area contributed by atoms with Crippen LogP contribution in [0.3, 0.4) is 0 Å². The third kappa shape index (κ3) is 2.80. The second-order valence-corrected chi connectivity index (χ2v) is 6.12. The van der Waals surface area contributed by atoms with Gasteiger partial charge >= 0.3 is 5.97 Å². The summed E-state index contributed by atoms with van der Waals surface area (Å²) in [6.07, 6.45) is 4.85. The van der Waals surface area contributed by atoms with Crippen molar-refractivity contribution in [2.24, 2.45) is 11.8 Å². The molecule has 1 heterocycles. The summed E-state index contributed by atoms with van der Waals surface area (Å²) in [6, 6.07) is 8.05. The number of carbonyl (C=O) groups is 2. The third-order valence-corrected chi connectivity index (χ3v) is 4.75. The van der Waals surface area contributed by atoms with Crippen molar-refractivity contribution in [1.82, 2.24) is 0 Å². The lowest BCUT2D eigenvalue weighted by molar-refractivity contribution is -0.143. The Morgan fingerprint density at radius 3 is 2.67 bits per heavy atom. The Hall–Kier alpha value is -1.84. The minimum absolute atomic E-state index is 0.119. The molecule has 2 unspecified atom stereocenters. The van der Waals surface area contributed by atoms with E-state index in [0.29, 0.717) is 12.8 Å². The van der Waals surface area contributed by atoms with Gasteiger partial charge in [0, 0.05) is 18.2 Å². The minimum Gasteiger partial charge on any atom is -0.481 e. The van der Waals surface area contributed by atoms with Gasteiger partial charge in [-0.1, -0.05) is 24.6 Å². The van der Waals surface area contributed by atoms with E-state index in [2.05, 4.69) is 6.07 Å². The highest BCUT2D eigenvalue weighted by Crippen LogP contribution is 2.34. The third-order valence-electron chi connectivity index (χ3n) is 4.75. The molecule has 112 valence electrons. The number of hydrogen-bond donors (Lipinski definition) is 1. The number of para-hydroxylation sites is 1. The standard InChI is InChI=1S/C17H21NO3/c19-16(13-6-3-7-14(11-13)17(20)21)18-10-4-8-12-5-1-2-9-15(12)18/h1-2,5,9,13-14H,3-4,6-8,10-11H2,(H,20,21). The number of amides is 1. The largest absolute Gasteiger partial charge is 0.481 e. The first-order valence-corrected chi connectivity index (χ1v) is 7.79. The highest BCUT2D eigenvalue weighted by Gasteiger charge is 2.34. The van der Waals surface area contributed by atoms with E-state index in [0.717, 1.165) is 37.9 Å². The number of benzene rings is 1. The van der Waals surface area contributed by atoms with Gasteiger partial charge in [0.25, 0.3) is 0 Å². The normalized spacial score (nSPS) is 25.2. The number of nitrogens with zero attached hydrogens (tertiary/aromatic N) is 1. The van der Waals surface area contributed by atoms with Crippen molar-refractivity contribution in [3.63, 3.8) is 0 Å². The minimum atomic E-state index is -0.758. The van der Waals surface area contributed by atoms with E-state index in [-0.39, 0.29) is 17.7 Å². The number of hydrogen-bond acceptors (Lipinski definition) is 2. The summed E-state index contributed by atoms with van der Waals surface area (Å²) in [5.74, 6) is -1.13. The number of rotatable bonds is 2. The molecule has 0 spiro atoms. The van der Waals surface area contributed by atoms with E-state index >= 15 is 0 Å². The number of fused-ring (bicyclic) bond motifs is 1. The lowest BCUT2D eigenvalue weighted by atomic mass is 9.80. The molecule has 4 heteroatoms. The van der Waals surface area contributed by atoms with Gasteiger partial charge in [0.2, 0.25) is 5.91 Å². The number of carboxylic acids is 1. The van der Waals surface area contributed by atoms with Gasteiger partial charge in [-0.05, 0) is 43.7 Å². The van der Waals surface area contributed by atoms with Gasteiger partial charge in [0.15, 0.2) is 0 Å². The number of carbonyl (C=O) groups excluding carboxylic acids is 1. The zero-order chi connectivity index (χ0) is 14.8. The summed E-state index contributed by atoms with van der Waals surface area (Å²) < 4.78 is 0. The average Bonchev–Trinajstić information content (AvgIpc) is 2.53. The van der Waals surface area contributed by atoms with Crippen LogP contribution >= 0.6 is 0 Å². The van der Waals surface area contributed by atoms with Gasteiger partial charge < -0.3 is 10.0 Å². The molecule has 1 saturated carbocycles. The lowest BCUT2D eigenvalue weighted by Gasteiger charge is -2.34. The van der Waals surface area contributed by atoms with E-state index in [1.807, 2.05) is 23.1 Å². The van der Waals surface area contributed by atoms with E-state index in [1.165, 1.54) is 5.56 Å². The molecule has 4 nitrogen and oxygen atoms in total. The molecule has 2 atom stereocenters. The zero-order valence-corrected chi connectivity index (χ0v) is 12.1. The van der Waals surface area contributed by atoms with Crippen molar-refractivity contribution in [2.75, 3.05) is 11.4 Å². The molecule has 1 fully saturated rings. The van der Waals surface area contributed by atoms with Crippen molar-refractivity contribution in [1.29, 1.82) is 0 Å². The molecule has 1 aliphatic heterocycles. The molecule has 0 radical (unpaired) electrons. The molecule has 3 rings (SSSR count). The van der Waals surface area contributed by atoms with Crippen molar-refractivity contribution < 1.29 is 14.7 Å². The van der Waals surface area contributed by atoms with E-state index in [9.17, 15) is 14.7 Å². The molecule has 1 aromatic carbocycles. The van der Waals surface area contributed by atoms with Gasteiger partial charge in [-0.15, -0.1) is 0 Å². The van der Waals surface area contributed by atoms with E-state index in [1.54, 1.807) is 0 Å². The quantitative estimate of drug-likeness (QED) is 0.910. The lowest BCUT2D eigenvalue weighted by Crippen LogP contribution is -2.41. The van der Waals surface area contributed by atoms with Crippen LogP contribution < -0.4 is 4.90 Å². The maximum atomic E-state index is 12.8. The highest BCUT2D eigenvalue weighted by molar-refractivity contribution is 5.96. The summed E-state index contributed by atoms with van der Waals surface area (Å²) in [5, 5.41) is 9.18. The number of anilines is 1. The molecule has 1 aliphatic carbocycles. The Kier molecular flexibility index (Phi) is 3.95. The summed E-state index contributed by atoms with van der Waals surface area (Å²) >= 11 is 0. The van der Waals surface area contributed by atoms with Crippen LogP contribution in [-0.4, -0.2) is 23.5 Å². The second-order valence-electron chi connectivity index (χ2n) is 6.12. The summed E-state index contributed by atoms with van der Waals surface area (Å²) in [4.78, 5) is 25.9. The molecule has 2 aliphatic rings. The SMILES string of the molecule is O=C(O)C1CCCC(C(=O)N2CCCc3ccccc32)C1. The first-order valence-electron chi connectivity index (χ1n) is 7.79. The predicted molar refractivity (Wildman–Crippen MR) is 80.2 cm³/mol. The van der Waals surface area contributed by atoms with Crippen LogP contribution in [0.15, 0.2) is 24.3 Å². The molecule has 1 N–H and O–H groups in total. The number of aliphatic carboxylic acids is 1. The molecule has 1 amide bonds. The molecular weight excluding hydrogens is 266 g/mol. The Bertz CT molecular complexity index is 555. The van der Waals surface area contributed by atoms with Gasteiger partial charge in [-0.25, -0.2) is 0 Å². The zero-order valence-electron chi connectivity index (χ0n) is 12.1. The van der Waals surface area contributed by atoms with E-state index < -0.39 is 5.97 Å². The summed E-state index contributed by atoms with van der Waals surface area (Å²) in [5.41, 5.74) is 2.24. The van der Waals surface area contributed by atoms with Crippen molar-refractivity contribution in [3.8, 4) is 0 Å². The molecule has 0 saturated heterocycles. The molecule has 21 heavy (non-hydrogen) atoms. The summed E-state index contributed by atoms with van der Waals surface area (Å²) in [7, 11) is 0. The van der Waals surface area contributed by atoms with Crippen LogP contribution in [0.25, 0.3) is 0 Å². The predicted octanol–water partition coefficient (Wildman–Crippen LogP) is 2.86. The smallest absolute Gasteiger partial charge is 0.306 e. The van der Waals surface area contributed by atoms with Crippen molar-refractivity contribution >= 4 is 17.6 Å². The van der Waals surface area contributed by atoms with Crippen LogP contribution in [0, 0.1) is 11.8 Å². The van der Waals surface area contributed by atoms with Crippen molar-refractivity contribution in [2.45, 2.75) is 38.5 Å². The molecular formula is C17H21NO3. The van der Waals surface area contributed by atoms with Gasteiger partial charge in [-0.3, -0.25) is 9.59 Å². The fraction of sp³-hybridized carbons (Fsp3) is 0.529. The monoisotopic (exact) mass is 287 g/mol. The Morgan fingerprint density at radius 1 is 1.10 bits per heavy atom. The summed E-state index contributed by atoms with van der Waals surface area (Å²) in [6.45, 7) is 0.754. The van der Waals surface area contributed by atoms with Crippen LogP contribution in [0.2, 0.25) is 0 Å². The van der Waals surface area contributed by atoms with Gasteiger partial charge in [0.05, 0.1) is 5.92 Å². The van der Waals surface area contributed by atoms with E-state index in [4.69, 9.17) is 0 Å². The van der Waals surface area contributed by atoms with Gasteiger partial charge in [0.1, 0.15) is 0 Å². The van der Waals surface area contributed by atoms with Crippen LogP contribution in [0.1, 0.15) is 37.7 Å². The fourth-order valence-electron chi connectivity index (χ4n) is 3.62. The first kappa shape index (κ1) is 14.1. The highest BCUT2D eigenvalue weighted by atomic mass is 16.4. The van der Waals surface area contributed by atoms with Crippen LogP contribution in [-0.2, 0) is 16.0 Å². The first-order chi connectivity index (χ1) is 10.2. The van der Waals surface area contributed by atoms with Gasteiger partial charge in [-0.2, -0.15) is 0 Å². The number of carboxylic acid groups (broad SMARTS) is 1. The van der Waals surface area contributed by atoms with Crippen LogP contribution in [0.4, 0.5) is 5.69 Å². The second kappa shape index (κ2) is 5.88. The fourth-order valence-corrected chi connectivity index (χ4v) is 3.62. The molecule has 0 aromatic heterocycles. The molecule has 1 aromatic rings. The number of aryl methyl sites for hydroxylation is 1. The maximum Gasteiger partial charge on any atom is 0.306 e.